The minimum absolute atomic E-state index is 0.572. The van der Waals surface area contributed by atoms with Crippen LogP contribution >= 0.6 is 0 Å². The molecule has 5 nitrogen and oxygen atoms in total. The van der Waals surface area contributed by atoms with E-state index >= 15 is 0 Å². The van der Waals surface area contributed by atoms with Crippen LogP contribution in [0.2, 0.25) is 0 Å². The van der Waals surface area contributed by atoms with Gasteiger partial charge in [0.15, 0.2) is 5.75 Å². The molecule has 0 aliphatic carbocycles. The monoisotopic (exact) mass is 233 g/mol. The summed E-state index contributed by atoms with van der Waals surface area (Å²) >= 11 is 0. The van der Waals surface area contributed by atoms with Crippen LogP contribution in [-0.2, 0) is 7.05 Å². The van der Waals surface area contributed by atoms with E-state index in [1.54, 1.807) is 37.4 Å². The van der Waals surface area contributed by atoms with Crippen LogP contribution in [0.4, 0.5) is 0 Å². The minimum Gasteiger partial charge on any atom is -0.493 e. The highest BCUT2D eigenvalue weighted by molar-refractivity contribution is 5.36. The number of aromatic nitrogens is 3. The van der Waals surface area contributed by atoms with Gasteiger partial charge in [-0.25, -0.2) is 0 Å². The van der Waals surface area contributed by atoms with Gasteiger partial charge in [-0.05, 0) is 18.6 Å². The Hall–Kier alpha value is -1.88. The van der Waals surface area contributed by atoms with Crippen molar-refractivity contribution >= 4 is 0 Å². The Morgan fingerprint density at radius 2 is 2.18 bits per heavy atom. The Labute approximate surface area is 99.7 Å². The molecule has 0 aromatic carbocycles. The number of hydrogen-bond donors (Lipinski definition) is 1. The fourth-order valence-corrected chi connectivity index (χ4v) is 1.81. The number of nitrogens with zero attached hydrogens (tertiary/aromatic N) is 3. The van der Waals surface area contributed by atoms with E-state index in [1.165, 1.54) is 0 Å². The molecule has 5 heteroatoms. The van der Waals surface area contributed by atoms with Crippen molar-refractivity contribution in [1.82, 2.24) is 14.8 Å². The second-order valence-corrected chi connectivity index (χ2v) is 3.86. The summed E-state index contributed by atoms with van der Waals surface area (Å²) in [5, 5.41) is 14.4. The summed E-state index contributed by atoms with van der Waals surface area (Å²) in [6.45, 7) is 1.93. The number of hydrogen-bond acceptors (Lipinski definition) is 4. The lowest BCUT2D eigenvalue weighted by molar-refractivity contribution is 0.203. The number of aliphatic hydroxyl groups excluding tert-OH is 1. The van der Waals surface area contributed by atoms with Gasteiger partial charge in [0.25, 0.3) is 0 Å². The SMILES string of the molecule is COc1cnn(C)c1C(O)c1cnccc1C. The Bertz CT molecular complexity index is 522. The van der Waals surface area contributed by atoms with E-state index in [0.717, 1.165) is 11.1 Å². The van der Waals surface area contributed by atoms with Crippen molar-refractivity contribution in [2.75, 3.05) is 7.11 Å². The first kappa shape index (κ1) is 11.6. The average Bonchev–Trinajstić information content (AvgIpc) is 2.70. The zero-order valence-electron chi connectivity index (χ0n) is 10.1. The van der Waals surface area contributed by atoms with Gasteiger partial charge in [-0.1, -0.05) is 0 Å². The van der Waals surface area contributed by atoms with Crippen LogP contribution in [0, 0.1) is 6.92 Å². The summed E-state index contributed by atoms with van der Waals surface area (Å²) in [6, 6.07) is 1.86. The minimum atomic E-state index is -0.786. The summed E-state index contributed by atoms with van der Waals surface area (Å²) in [4.78, 5) is 4.03. The van der Waals surface area contributed by atoms with Crippen molar-refractivity contribution in [2.45, 2.75) is 13.0 Å². The smallest absolute Gasteiger partial charge is 0.162 e. The second kappa shape index (κ2) is 4.55. The lowest BCUT2D eigenvalue weighted by Crippen LogP contribution is -2.09. The molecule has 0 radical (unpaired) electrons. The van der Waals surface area contributed by atoms with Crippen molar-refractivity contribution in [2.24, 2.45) is 7.05 Å². The number of pyridine rings is 1. The second-order valence-electron chi connectivity index (χ2n) is 3.86. The maximum absolute atomic E-state index is 10.4. The molecule has 0 aliphatic heterocycles. The highest BCUT2D eigenvalue weighted by Crippen LogP contribution is 2.30. The predicted octanol–water partition coefficient (Wildman–Crippen LogP) is 1.21. The largest absolute Gasteiger partial charge is 0.493 e. The Balaban J connectivity index is 2.47. The number of aliphatic hydroxyl groups is 1. The first-order valence-corrected chi connectivity index (χ1v) is 5.29. The third-order valence-electron chi connectivity index (χ3n) is 2.80. The molecule has 0 spiro atoms. The van der Waals surface area contributed by atoms with Crippen molar-refractivity contribution in [3.8, 4) is 5.75 Å². The van der Waals surface area contributed by atoms with Crippen LogP contribution in [0.1, 0.15) is 22.9 Å². The zero-order chi connectivity index (χ0) is 12.4. The summed E-state index contributed by atoms with van der Waals surface area (Å²) < 4.78 is 6.79. The zero-order valence-corrected chi connectivity index (χ0v) is 10.1. The normalized spacial score (nSPS) is 12.5. The first-order valence-electron chi connectivity index (χ1n) is 5.29. The molecule has 1 unspecified atom stereocenters. The molecule has 2 aromatic rings. The lowest BCUT2D eigenvalue weighted by Gasteiger charge is -2.14. The lowest BCUT2D eigenvalue weighted by atomic mass is 10.0. The molecule has 0 amide bonds. The van der Waals surface area contributed by atoms with Crippen molar-refractivity contribution in [1.29, 1.82) is 0 Å². The van der Waals surface area contributed by atoms with Gasteiger partial charge in [-0.2, -0.15) is 5.10 Å². The van der Waals surface area contributed by atoms with Gasteiger partial charge < -0.3 is 9.84 Å². The molecule has 2 rings (SSSR count). The van der Waals surface area contributed by atoms with Gasteiger partial charge in [0.05, 0.1) is 13.3 Å². The molecular formula is C12H15N3O2. The third kappa shape index (κ3) is 2.01. The summed E-state index contributed by atoms with van der Waals surface area (Å²) in [7, 11) is 3.33. The Kier molecular flexibility index (Phi) is 3.10. The van der Waals surface area contributed by atoms with Crippen LogP contribution in [0.25, 0.3) is 0 Å². The fourth-order valence-electron chi connectivity index (χ4n) is 1.81. The Morgan fingerprint density at radius 1 is 1.41 bits per heavy atom. The topological polar surface area (TPSA) is 60.2 Å². The number of ether oxygens (including phenoxy) is 1. The van der Waals surface area contributed by atoms with Crippen LogP contribution in [-0.4, -0.2) is 27.0 Å². The van der Waals surface area contributed by atoms with Crippen molar-refractivity contribution in [3.05, 3.63) is 41.5 Å². The number of aryl methyl sites for hydroxylation is 2. The van der Waals surface area contributed by atoms with Crippen molar-refractivity contribution < 1.29 is 9.84 Å². The molecule has 2 heterocycles. The maximum atomic E-state index is 10.4. The molecule has 0 saturated heterocycles. The quantitative estimate of drug-likeness (QED) is 0.865. The molecular weight excluding hydrogens is 218 g/mol. The highest BCUT2D eigenvalue weighted by Gasteiger charge is 2.21. The summed E-state index contributed by atoms with van der Waals surface area (Å²) in [5.41, 5.74) is 2.37. The fraction of sp³-hybridized carbons (Fsp3) is 0.333. The van der Waals surface area contributed by atoms with Crippen LogP contribution in [0.5, 0.6) is 5.75 Å². The van der Waals surface area contributed by atoms with E-state index in [9.17, 15) is 5.11 Å². The average molecular weight is 233 g/mol. The maximum Gasteiger partial charge on any atom is 0.162 e. The molecule has 1 atom stereocenters. The first-order chi connectivity index (χ1) is 8.15. The standard InChI is InChI=1S/C12H15N3O2/c1-8-4-5-13-6-9(8)12(16)11-10(17-3)7-14-15(11)2/h4-7,12,16H,1-3H3. The van der Waals surface area contributed by atoms with Gasteiger partial charge in [-0.15, -0.1) is 0 Å². The van der Waals surface area contributed by atoms with E-state index in [1.807, 2.05) is 13.0 Å². The molecule has 0 fully saturated rings. The van der Waals surface area contributed by atoms with Crippen LogP contribution < -0.4 is 4.74 Å². The van der Waals surface area contributed by atoms with Gasteiger partial charge in [0.1, 0.15) is 11.8 Å². The number of rotatable bonds is 3. The molecule has 0 aliphatic rings. The molecule has 17 heavy (non-hydrogen) atoms. The number of methoxy groups -OCH3 is 1. The van der Waals surface area contributed by atoms with Gasteiger partial charge in [0.2, 0.25) is 0 Å². The van der Waals surface area contributed by atoms with E-state index in [4.69, 9.17) is 4.74 Å². The van der Waals surface area contributed by atoms with Crippen LogP contribution in [0.3, 0.4) is 0 Å². The summed E-state index contributed by atoms with van der Waals surface area (Å²) in [6.07, 6.45) is 4.16. The molecule has 0 saturated carbocycles. The summed E-state index contributed by atoms with van der Waals surface area (Å²) in [5.74, 6) is 0.572. The molecule has 0 bridgehead atoms. The van der Waals surface area contributed by atoms with Gasteiger partial charge in [-0.3, -0.25) is 9.67 Å². The predicted molar refractivity (Wildman–Crippen MR) is 62.8 cm³/mol. The van der Waals surface area contributed by atoms with Gasteiger partial charge in [0, 0.05) is 25.0 Å². The van der Waals surface area contributed by atoms with Gasteiger partial charge >= 0.3 is 0 Å². The van der Waals surface area contributed by atoms with E-state index in [0.29, 0.717) is 11.4 Å². The third-order valence-corrected chi connectivity index (χ3v) is 2.80. The van der Waals surface area contributed by atoms with E-state index < -0.39 is 6.10 Å². The molecule has 2 aromatic heterocycles. The van der Waals surface area contributed by atoms with E-state index in [-0.39, 0.29) is 0 Å². The highest BCUT2D eigenvalue weighted by atomic mass is 16.5. The Morgan fingerprint density at radius 3 is 2.82 bits per heavy atom. The molecule has 1 N–H and O–H groups in total. The molecule has 90 valence electrons. The van der Waals surface area contributed by atoms with E-state index in [2.05, 4.69) is 10.1 Å². The van der Waals surface area contributed by atoms with Crippen molar-refractivity contribution in [3.63, 3.8) is 0 Å². The van der Waals surface area contributed by atoms with Crippen LogP contribution in [0.15, 0.2) is 24.7 Å².